The van der Waals surface area contributed by atoms with Crippen LogP contribution >= 0.6 is 0 Å². The Bertz CT molecular complexity index is 1830. The van der Waals surface area contributed by atoms with Gasteiger partial charge in [-0.1, -0.05) is 12.1 Å². The molecule has 2 saturated heterocycles. The molecular weight excluding hydrogens is 599 g/mol. The van der Waals surface area contributed by atoms with E-state index in [1.54, 1.807) is 0 Å². The fraction of sp³-hybridized carbons (Fsp3) is 0.500. The van der Waals surface area contributed by atoms with Crippen LogP contribution in [0.25, 0.3) is 11.2 Å². The number of nitriles is 1. The molecule has 8 rings (SSSR count). The van der Waals surface area contributed by atoms with E-state index in [0.29, 0.717) is 12.2 Å². The number of piperidine rings is 1. The first-order chi connectivity index (χ1) is 22.3. The number of nitrogens with one attached hydrogen (secondary N) is 1. The number of rotatable bonds is 5. The van der Waals surface area contributed by atoms with Crippen LogP contribution in [0.3, 0.4) is 0 Å². The molecule has 3 atom stereocenters. The van der Waals surface area contributed by atoms with Crippen molar-refractivity contribution < 1.29 is 9.29 Å². The topological polar surface area (TPSA) is 131 Å². The maximum atomic E-state index is 13.4. The molecule has 11 nitrogen and oxygen atoms in total. The average molecular weight is 638 g/mol. The minimum absolute atomic E-state index is 0.144. The fourth-order valence-electron chi connectivity index (χ4n) is 7.56. The first-order valence-electron chi connectivity index (χ1n) is 16.3. The SMILES string of the molecule is CC(C)(C)[S@@+]([O-])N[C@@H]1c2c(C#N)cccc2CC12CCN(c1cnc3c(N4CCCc5ncccc54)nn([C@H]4CCO4)c3n1)CC2. The Labute approximate surface area is 272 Å². The van der Waals surface area contributed by atoms with E-state index in [0.717, 1.165) is 97.9 Å². The third-order valence-electron chi connectivity index (χ3n) is 10.2. The summed E-state index contributed by atoms with van der Waals surface area (Å²) < 4.78 is 24.3. The number of aryl methyl sites for hydroxylation is 1. The smallest absolute Gasteiger partial charge is 0.183 e. The summed E-state index contributed by atoms with van der Waals surface area (Å²) in [6.07, 6.45) is 9.03. The standard InChI is InChI=1S/C34H39N9O2S/c1-33(2,3)46(44)40-30-28-22(7-4-8-23(28)20-35)19-34(30)12-16-41(17-13-34)26-21-37-29-31(38-26)43(27-11-18-45-27)39-32(29)42-15-6-9-24-25(42)10-5-14-36-24/h4-5,7-8,10,14,21,27,30,40H,6,9,11-13,15-19H2,1-3H3/t27-,30-,46-/m1/s1. The van der Waals surface area contributed by atoms with Crippen molar-refractivity contribution in [3.8, 4) is 6.07 Å². The van der Waals surface area contributed by atoms with Gasteiger partial charge in [0.25, 0.3) is 0 Å². The normalized spacial score (nSPS) is 22.8. The van der Waals surface area contributed by atoms with E-state index in [2.05, 4.69) is 37.7 Å². The second-order valence-corrected chi connectivity index (χ2v) is 16.0. The Morgan fingerprint density at radius 3 is 2.70 bits per heavy atom. The van der Waals surface area contributed by atoms with E-state index in [-0.39, 0.29) is 17.7 Å². The fourth-order valence-corrected chi connectivity index (χ4v) is 8.49. The summed E-state index contributed by atoms with van der Waals surface area (Å²) >= 11 is -1.27. The summed E-state index contributed by atoms with van der Waals surface area (Å²) in [6.45, 7) is 9.07. The number of fused-ring (bicyclic) bond motifs is 3. The van der Waals surface area contributed by atoms with Gasteiger partial charge in [-0.05, 0) is 82.2 Å². The Hall–Kier alpha value is -3.76. The highest BCUT2D eigenvalue weighted by Gasteiger charge is 2.51. The number of benzene rings is 1. The van der Waals surface area contributed by atoms with Crippen molar-refractivity contribution in [1.82, 2.24) is 29.5 Å². The molecule has 1 aliphatic carbocycles. The van der Waals surface area contributed by atoms with E-state index in [9.17, 15) is 9.81 Å². The van der Waals surface area contributed by atoms with Gasteiger partial charge < -0.3 is 19.1 Å². The van der Waals surface area contributed by atoms with Gasteiger partial charge >= 0.3 is 0 Å². The molecule has 0 amide bonds. The second kappa shape index (κ2) is 11.2. The lowest BCUT2D eigenvalue weighted by Crippen LogP contribution is -2.50. The average Bonchev–Trinajstić information content (AvgIpc) is 3.54. The van der Waals surface area contributed by atoms with Crippen LogP contribution < -0.4 is 14.5 Å². The predicted octanol–water partition coefficient (Wildman–Crippen LogP) is 5.03. The Balaban J connectivity index is 1.10. The number of pyridine rings is 1. The number of hydrogen-bond acceptors (Lipinski definition) is 10. The van der Waals surface area contributed by atoms with Crippen LogP contribution in [0, 0.1) is 16.7 Å². The molecule has 4 aromatic rings. The van der Waals surface area contributed by atoms with Crippen LogP contribution in [0.5, 0.6) is 0 Å². The van der Waals surface area contributed by atoms with Crippen molar-refractivity contribution in [2.24, 2.45) is 5.41 Å². The van der Waals surface area contributed by atoms with E-state index >= 15 is 0 Å². The van der Waals surface area contributed by atoms with Crippen LogP contribution in [0.1, 0.15) is 81.1 Å². The number of ether oxygens (including phenoxy) is 1. The molecule has 6 heterocycles. The minimum atomic E-state index is -1.27. The zero-order chi connectivity index (χ0) is 31.6. The summed E-state index contributed by atoms with van der Waals surface area (Å²) in [5.74, 6) is 1.62. The number of hydrogen-bond donors (Lipinski definition) is 1. The van der Waals surface area contributed by atoms with E-state index in [1.807, 2.05) is 56.0 Å². The summed E-state index contributed by atoms with van der Waals surface area (Å²) in [5.41, 5.74) is 6.40. The zero-order valence-corrected chi connectivity index (χ0v) is 27.4. The van der Waals surface area contributed by atoms with E-state index in [4.69, 9.17) is 19.8 Å². The number of anilines is 3. The van der Waals surface area contributed by atoms with Gasteiger partial charge in [0.05, 0.1) is 41.9 Å². The Morgan fingerprint density at radius 1 is 1.13 bits per heavy atom. The molecule has 46 heavy (non-hydrogen) atoms. The first kappa shape index (κ1) is 29.6. The molecule has 2 fully saturated rings. The monoisotopic (exact) mass is 637 g/mol. The molecule has 0 saturated carbocycles. The van der Waals surface area contributed by atoms with Gasteiger partial charge in [-0.25, -0.2) is 14.6 Å². The molecule has 238 valence electrons. The molecule has 0 unspecified atom stereocenters. The van der Waals surface area contributed by atoms with Gasteiger partial charge in [0.1, 0.15) is 10.6 Å². The third kappa shape index (κ3) is 4.83. The number of aromatic nitrogens is 5. The summed E-state index contributed by atoms with van der Waals surface area (Å²) in [5, 5.41) is 15.1. The lowest BCUT2D eigenvalue weighted by Gasteiger charge is -2.44. The predicted molar refractivity (Wildman–Crippen MR) is 177 cm³/mol. The van der Waals surface area contributed by atoms with Crippen LogP contribution in [0.4, 0.5) is 17.3 Å². The molecule has 12 heteroatoms. The van der Waals surface area contributed by atoms with E-state index < -0.39 is 16.1 Å². The highest BCUT2D eigenvalue weighted by atomic mass is 32.2. The second-order valence-electron chi connectivity index (χ2n) is 14.0. The summed E-state index contributed by atoms with van der Waals surface area (Å²) in [7, 11) is 0. The van der Waals surface area contributed by atoms with Crippen LogP contribution in [0.2, 0.25) is 0 Å². The first-order valence-corrected chi connectivity index (χ1v) is 17.4. The number of nitrogens with zero attached hydrogens (tertiary/aromatic N) is 8. The molecule has 4 aliphatic rings. The highest BCUT2D eigenvalue weighted by molar-refractivity contribution is 7.90. The third-order valence-corrected chi connectivity index (χ3v) is 11.7. The minimum Gasteiger partial charge on any atom is -0.598 e. The van der Waals surface area contributed by atoms with Crippen molar-refractivity contribution in [3.63, 3.8) is 0 Å². The van der Waals surface area contributed by atoms with Gasteiger partial charge in [0.2, 0.25) is 0 Å². The van der Waals surface area contributed by atoms with Crippen molar-refractivity contribution in [1.29, 1.82) is 5.26 Å². The summed E-state index contributed by atoms with van der Waals surface area (Å²) in [4.78, 5) is 19.3. The molecule has 3 aromatic heterocycles. The maximum Gasteiger partial charge on any atom is 0.183 e. The molecular formula is C34H39N9O2S. The summed E-state index contributed by atoms with van der Waals surface area (Å²) in [6, 6.07) is 12.3. The lowest BCUT2D eigenvalue weighted by molar-refractivity contribution is -0.104. The molecule has 1 N–H and O–H groups in total. The van der Waals surface area contributed by atoms with Crippen LogP contribution in [-0.2, 0) is 28.9 Å². The molecule has 3 aliphatic heterocycles. The Morgan fingerprint density at radius 2 is 1.96 bits per heavy atom. The van der Waals surface area contributed by atoms with Gasteiger partial charge in [0, 0.05) is 49.0 Å². The van der Waals surface area contributed by atoms with Gasteiger partial charge in [-0.3, -0.25) is 4.98 Å². The highest BCUT2D eigenvalue weighted by Crippen LogP contribution is 2.54. The molecule has 1 spiro atoms. The molecule has 0 bridgehead atoms. The van der Waals surface area contributed by atoms with Gasteiger partial charge in [-0.2, -0.15) is 5.26 Å². The van der Waals surface area contributed by atoms with Crippen molar-refractivity contribution in [2.75, 3.05) is 36.0 Å². The van der Waals surface area contributed by atoms with Gasteiger partial charge in [0.15, 0.2) is 23.2 Å². The zero-order valence-electron chi connectivity index (χ0n) is 26.6. The Kier molecular flexibility index (Phi) is 7.21. The van der Waals surface area contributed by atoms with Crippen molar-refractivity contribution >= 4 is 39.8 Å². The largest absolute Gasteiger partial charge is 0.598 e. The van der Waals surface area contributed by atoms with Crippen molar-refractivity contribution in [3.05, 3.63) is 65.1 Å². The quantitative estimate of drug-likeness (QED) is 0.297. The maximum absolute atomic E-state index is 13.4. The van der Waals surface area contributed by atoms with Crippen LogP contribution in [-0.4, -0.2) is 60.3 Å². The van der Waals surface area contributed by atoms with Crippen molar-refractivity contribution in [2.45, 2.75) is 76.3 Å². The van der Waals surface area contributed by atoms with Gasteiger partial charge in [-0.15, -0.1) is 9.82 Å². The molecule has 1 aromatic carbocycles. The van der Waals surface area contributed by atoms with E-state index in [1.165, 1.54) is 5.56 Å². The molecule has 0 radical (unpaired) electrons. The van der Waals surface area contributed by atoms with Crippen LogP contribution in [0.15, 0.2) is 42.7 Å². The lowest BCUT2D eigenvalue weighted by atomic mass is 9.73.